The van der Waals surface area contributed by atoms with Crippen LogP contribution >= 0.6 is 0 Å². The summed E-state index contributed by atoms with van der Waals surface area (Å²) in [6.45, 7) is 5.30. The molecule has 1 aromatic heterocycles. The van der Waals surface area contributed by atoms with Gasteiger partial charge in [0.05, 0.1) is 12.2 Å². The minimum absolute atomic E-state index is 0.0150. The Morgan fingerprint density at radius 2 is 2.08 bits per heavy atom. The minimum Gasteiger partial charge on any atom is -0.396 e. The van der Waals surface area contributed by atoms with Gasteiger partial charge in [-0.05, 0) is 68.1 Å². The summed E-state index contributed by atoms with van der Waals surface area (Å²) >= 11 is 0. The molecule has 134 valence electrons. The molecule has 0 saturated carbocycles. The number of hydrogen-bond donors (Lipinski definition) is 2. The Morgan fingerprint density at radius 3 is 2.80 bits per heavy atom. The van der Waals surface area contributed by atoms with Crippen LogP contribution in [0.4, 0.5) is 10.1 Å². The summed E-state index contributed by atoms with van der Waals surface area (Å²) in [5.41, 5.74) is 3.12. The van der Waals surface area contributed by atoms with Gasteiger partial charge in [0, 0.05) is 25.0 Å². The van der Waals surface area contributed by atoms with Crippen LogP contribution in [0.15, 0.2) is 42.7 Å². The molecule has 1 atom stereocenters. The second-order valence-electron chi connectivity index (χ2n) is 6.90. The summed E-state index contributed by atoms with van der Waals surface area (Å²) < 4.78 is 13.3. The highest BCUT2D eigenvalue weighted by molar-refractivity contribution is 5.47. The highest BCUT2D eigenvalue weighted by Gasteiger charge is 2.18. The fourth-order valence-electron chi connectivity index (χ4n) is 3.34. The van der Waals surface area contributed by atoms with Gasteiger partial charge in [0.15, 0.2) is 0 Å². The van der Waals surface area contributed by atoms with Crippen LogP contribution in [0.2, 0.25) is 0 Å². The molecule has 1 aromatic carbocycles. The summed E-state index contributed by atoms with van der Waals surface area (Å²) in [5.74, 6) is 0.149. The molecule has 25 heavy (non-hydrogen) atoms. The van der Waals surface area contributed by atoms with Crippen molar-refractivity contribution in [1.29, 1.82) is 0 Å². The van der Waals surface area contributed by atoms with Gasteiger partial charge in [-0.2, -0.15) is 0 Å². The largest absolute Gasteiger partial charge is 0.396 e. The average Bonchev–Trinajstić information content (AvgIpc) is 2.63. The number of likely N-dealkylation sites (tertiary alicyclic amines) is 1. The molecular weight excluding hydrogens is 317 g/mol. The summed E-state index contributed by atoms with van der Waals surface area (Å²) in [5, 5.41) is 12.7. The van der Waals surface area contributed by atoms with E-state index in [1.807, 2.05) is 13.0 Å². The maximum absolute atomic E-state index is 13.3. The highest BCUT2D eigenvalue weighted by atomic mass is 19.1. The van der Waals surface area contributed by atoms with Gasteiger partial charge in [-0.3, -0.25) is 9.88 Å². The zero-order valence-electron chi connectivity index (χ0n) is 14.7. The molecule has 1 aliphatic rings. The summed E-state index contributed by atoms with van der Waals surface area (Å²) in [7, 11) is 0. The van der Waals surface area contributed by atoms with Crippen LogP contribution in [-0.4, -0.2) is 34.7 Å². The molecule has 1 saturated heterocycles. The van der Waals surface area contributed by atoms with Crippen LogP contribution < -0.4 is 5.32 Å². The van der Waals surface area contributed by atoms with Crippen LogP contribution in [0.5, 0.6) is 0 Å². The number of rotatable bonds is 6. The summed E-state index contributed by atoms with van der Waals surface area (Å²) in [4.78, 5) is 6.35. The van der Waals surface area contributed by atoms with Crippen molar-refractivity contribution >= 4 is 5.69 Å². The lowest BCUT2D eigenvalue weighted by Gasteiger charge is -2.31. The molecule has 5 heteroatoms. The van der Waals surface area contributed by atoms with Crippen molar-refractivity contribution in [3.8, 4) is 0 Å². The third kappa shape index (κ3) is 5.00. The smallest absolute Gasteiger partial charge is 0.141 e. The zero-order valence-corrected chi connectivity index (χ0v) is 14.7. The molecule has 2 heterocycles. The Balaban J connectivity index is 1.60. The molecule has 0 spiro atoms. The predicted octanol–water partition coefficient (Wildman–Crippen LogP) is 3.60. The van der Waals surface area contributed by atoms with E-state index in [1.165, 1.54) is 17.8 Å². The lowest BCUT2D eigenvalue weighted by molar-refractivity contribution is 0.127. The fraction of sp³-hybridized carbons (Fsp3) is 0.450. The number of piperidine rings is 1. The van der Waals surface area contributed by atoms with E-state index in [-0.39, 0.29) is 11.9 Å². The molecule has 2 aromatic rings. The van der Waals surface area contributed by atoms with E-state index in [1.54, 1.807) is 6.20 Å². The Morgan fingerprint density at radius 1 is 1.28 bits per heavy atom. The third-order valence-electron chi connectivity index (χ3n) is 4.91. The average molecular weight is 343 g/mol. The molecule has 1 fully saturated rings. The Hall–Kier alpha value is -1.98. The molecule has 3 rings (SSSR count). The van der Waals surface area contributed by atoms with Crippen molar-refractivity contribution in [2.24, 2.45) is 5.92 Å². The molecule has 0 bridgehead atoms. The van der Waals surface area contributed by atoms with E-state index in [9.17, 15) is 9.50 Å². The number of hydrogen-bond acceptors (Lipinski definition) is 4. The summed E-state index contributed by atoms with van der Waals surface area (Å²) in [6.07, 6.45) is 5.04. The quantitative estimate of drug-likeness (QED) is 0.841. The fourth-order valence-corrected chi connectivity index (χ4v) is 3.34. The number of aromatic nitrogens is 1. The second kappa shape index (κ2) is 8.41. The van der Waals surface area contributed by atoms with E-state index in [2.05, 4.69) is 33.4 Å². The maximum Gasteiger partial charge on any atom is 0.141 e. The Kier molecular flexibility index (Phi) is 6.00. The van der Waals surface area contributed by atoms with Gasteiger partial charge in [0.1, 0.15) is 5.82 Å². The van der Waals surface area contributed by atoms with Crippen molar-refractivity contribution in [2.45, 2.75) is 32.4 Å². The lowest BCUT2D eigenvalue weighted by atomic mass is 9.97. The standard InChI is InChI=1S/C20H26FN3O/c1-15(18-10-19(21)12-22-11-18)23-20-4-2-3-17(9-20)13-24-7-5-16(14-25)6-8-24/h2-4,9-12,15-16,23,25H,5-8,13-14H2,1H3. The van der Waals surface area contributed by atoms with Crippen molar-refractivity contribution in [2.75, 3.05) is 25.0 Å². The highest BCUT2D eigenvalue weighted by Crippen LogP contribution is 2.22. The van der Waals surface area contributed by atoms with Gasteiger partial charge in [-0.1, -0.05) is 12.1 Å². The molecule has 4 nitrogen and oxygen atoms in total. The molecule has 0 amide bonds. The van der Waals surface area contributed by atoms with Crippen LogP contribution in [0.3, 0.4) is 0 Å². The Bertz CT molecular complexity index is 686. The topological polar surface area (TPSA) is 48.4 Å². The number of benzene rings is 1. The second-order valence-corrected chi connectivity index (χ2v) is 6.90. The lowest BCUT2D eigenvalue weighted by Crippen LogP contribution is -2.34. The first-order valence-corrected chi connectivity index (χ1v) is 8.93. The van der Waals surface area contributed by atoms with Gasteiger partial charge >= 0.3 is 0 Å². The van der Waals surface area contributed by atoms with Gasteiger partial charge in [0.2, 0.25) is 0 Å². The molecular formula is C20H26FN3O. The normalized spacial score (nSPS) is 17.4. The number of halogens is 1. The molecule has 2 N–H and O–H groups in total. The predicted molar refractivity (Wildman–Crippen MR) is 97.8 cm³/mol. The van der Waals surface area contributed by atoms with Crippen LogP contribution in [-0.2, 0) is 6.54 Å². The van der Waals surface area contributed by atoms with Crippen LogP contribution in [0.25, 0.3) is 0 Å². The van der Waals surface area contributed by atoms with Crippen molar-refractivity contribution in [3.05, 3.63) is 59.7 Å². The molecule has 0 radical (unpaired) electrons. The molecule has 0 aliphatic carbocycles. The van der Waals surface area contributed by atoms with Gasteiger partial charge in [-0.25, -0.2) is 4.39 Å². The van der Waals surface area contributed by atoms with Gasteiger partial charge < -0.3 is 10.4 Å². The molecule has 1 unspecified atom stereocenters. The zero-order chi connectivity index (χ0) is 17.6. The number of nitrogens with zero attached hydrogens (tertiary/aromatic N) is 2. The first kappa shape index (κ1) is 17.8. The number of aliphatic hydroxyl groups is 1. The molecule has 1 aliphatic heterocycles. The van der Waals surface area contributed by atoms with Crippen LogP contribution in [0, 0.1) is 11.7 Å². The Labute approximate surface area is 148 Å². The van der Waals surface area contributed by atoms with Gasteiger partial charge in [0.25, 0.3) is 0 Å². The number of nitrogens with one attached hydrogen (secondary N) is 1. The SMILES string of the molecule is CC(Nc1cccc(CN2CCC(CO)CC2)c1)c1cncc(F)c1. The third-order valence-corrected chi connectivity index (χ3v) is 4.91. The van der Waals surface area contributed by atoms with E-state index in [0.29, 0.717) is 12.5 Å². The first-order valence-electron chi connectivity index (χ1n) is 8.93. The van der Waals surface area contributed by atoms with Crippen molar-refractivity contribution in [1.82, 2.24) is 9.88 Å². The van der Waals surface area contributed by atoms with Crippen LogP contribution in [0.1, 0.15) is 36.9 Å². The number of anilines is 1. The first-order chi connectivity index (χ1) is 12.1. The van der Waals surface area contributed by atoms with E-state index in [4.69, 9.17) is 0 Å². The minimum atomic E-state index is -0.314. The number of aliphatic hydroxyl groups excluding tert-OH is 1. The van der Waals surface area contributed by atoms with E-state index >= 15 is 0 Å². The van der Waals surface area contributed by atoms with Crippen molar-refractivity contribution < 1.29 is 9.50 Å². The monoisotopic (exact) mass is 343 g/mol. The van der Waals surface area contributed by atoms with Crippen molar-refractivity contribution in [3.63, 3.8) is 0 Å². The number of pyridine rings is 1. The van der Waals surface area contributed by atoms with E-state index < -0.39 is 0 Å². The summed E-state index contributed by atoms with van der Waals surface area (Å²) in [6, 6.07) is 9.87. The van der Waals surface area contributed by atoms with Gasteiger partial charge in [-0.15, -0.1) is 0 Å². The maximum atomic E-state index is 13.3. The van der Waals surface area contributed by atoms with E-state index in [0.717, 1.165) is 43.7 Å².